The highest BCUT2D eigenvalue weighted by Crippen LogP contribution is 2.19. The average molecular weight is 417 g/mol. The molecule has 0 saturated heterocycles. The molecule has 2 aromatic rings. The molecule has 0 saturated carbocycles. The van der Waals surface area contributed by atoms with Gasteiger partial charge in [0.15, 0.2) is 0 Å². The Balaban J connectivity index is 1.81. The molecule has 0 radical (unpaired) electrons. The molecule has 1 aromatic heterocycles. The molecule has 2 N–H and O–H groups in total. The van der Waals surface area contributed by atoms with Crippen molar-refractivity contribution < 1.29 is 9.59 Å². The maximum atomic E-state index is 12.1. The minimum absolute atomic E-state index is 0.195. The van der Waals surface area contributed by atoms with Gasteiger partial charge in [-0.25, -0.2) is 0 Å². The van der Waals surface area contributed by atoms with Gasteiger partial charge in [0.25, 0.3) is 5.91 Å². The molecule has 0 aliphatic carbocycles. The van der Waals surface area contributed by atoms with Crippen LogP contribution in [0.25, 0.3) is 0 Å². The number of hydrogen-bond acceptors (Lipinski definition) is 3. The van der Waals surface area contributed by atoms with E-state index in [9.17, 15) is 9.59 Å². The summed E-state index contributed by atoms with van der Waals surface area (Å²) in [6.07, 6.45) is 1.81. The Morgan fingerprint density at radius 1 is 1.26 bits per heavy atom. The van der Waals surface area contributed by atoms with Crippen LogP contribution < -0.4 is 10.9 Å². The summed E-state index contributed by atoms with van der Waals surface area (Å²) in [4.78, 5) is 24.8. The zero-order valence-corrected chi connectivity index (χ0v) is 15.5. The lowest BCUT2D eigenvalue weighted by Gasteiger charge is -2.09. The molecule has 2 rings (SSSR count). The van der Waals surface area contributed by atoms with E-state index in [1.54, 1.807) is 22.8 Å². The van der Waals surface area contributed by atoms with Crippen molar-refractivity contribution >= 4 is 51.1 Å². The largest absolute Gasteiger partial charge is 0.343 e. The van der Waals surface area contributed by atoms with Crippen LogP contribution in [0.4, 0.5) is 0 Å². The lowest BCUT2D eigenvalue weighted by molar-refractivity contribution is -0.119. The molecule has 0 spiro atoms. The first-order chi connectivity index (χ1) is 11.0. The van der Waals surface area contributed by atoms with Gasteiger partial charge in [-0.15, -0.1) is 11.8 Å². The molecule has 1 aromatic carbocycles. The Bertz CT molecular complexity index is 703. The van der Waals surface area contributed by atoms with Crippen molar-refractivity contribution in [3.8, 4) is 0 Å². The van der Waals surface area contributed by atoms with Gasteiger partial charge >= 0.3 is 0 Å². The Morgan fingerprint density at radius 2 is 1.96 bits per heavy atom. The summed E-state index contributed by atoms with van der Waals surface area (Å²) in [7, 11) is 0. The SMILES string of the molecule is CCn1cc(Br)cc1C(=O)NNC(=O)CSc1ccc(Cl)cc1. The Morgan fingerprint density at radius 3 is 2.61 bits per heavy atom. The van der Waals surface area contributed by atoms with E-state index in [0.717, 1.165) is 9.37 Å². The summed E-state index contributed by atoms with van der Waals surface area (Å²) < 4.78 is 2.60. The van der Waals surface area contributed by atoms with Crippen molar-refractivity contribution in [2.45, 2.75) is 18.4 Å². The van der Waals surface area contributed by atoms with Crippen LogP contribution in [-0.2, 0) is 11.3 Å². The molecule has 1 heterocycles. The number of nitrogens with one attached hydrogen (secondary N) is 2. The summed E-state index contributed by atoms with van der Waals surface area (Å²) in [5, 5.41) is 0.649. The standard InChI is InChI=1S/C15H15BrClN3O2S/c1-2-20-8-10(16)7-13(20)15(22)19-18-14(21)9-23-12-5-3-11(17)4-6-12/h3-8H,2,9H2,1H3,(H,18,21)(H,19,22). The number of halogens is 2. The van der Waals surface area contributed by atoms with E-state index >= 15 is 0 Å². The number of benzene rings is 1. The van der Waals surface area contributed by atoms with Crippen LogP contribution in [0, 0.1) is 0 Å². The monoisotopic (exact) mass is 415 g/mol. The fraction of sp³-hybridized carbons (Fsp3) is 0.200. The summed E-state index contributed by atoms with van der Waals surface area (Å²) in [5.41, 5.74) is 5.30. The predicted molar refractivity (Wildman–Crippen MR) is 95.6 cm³/mol. The van der Waals surface area contributed by atoms with Gasteiger partial charge in [-0.05, 0) is 53.2 Å². The van der Waals surface area contributed by atoms with Gasteiger partial charge in [-0.2, -0.15) is 0 Å². The van der Waals surface area contributed by atoms with Crippen LogP contribution in [0.15, 0.2) is 45.9 Å². The van der Waals surface area contributed by atoms with Crippen molar-refractivity contribution in [1.29, 1.82) is 0 Å². The minimum atomic E-state index is -0.359. The lowest BCUT2D eigenvalue weighted by Crippen LogP contribution is -2.43. The van der Waals surface area contributed by atoms with Gasteiger partial charge < -0.3 is 4.57 Å². The topological polar surface area (TPSA) is 63.1 Å². The van der Waals surface area contributed by atoms with Crippen LogP contribution in [0.5, 0.6) is 0 Å². The van der Waals surface area contributed by atoms with Crippen molar-refractivity contribution in [2.24, 2.45) is 0 Å². The number of aryl methyl sites for hydroxylation is 1. The zero-order chi connectivity index (χ0) is 16.8. The first kappa shape index (κ1) is 17.9. The van der Waals surface area contributed by atoms with E-state index < -0.39 is 0 Å². The first-order valence-electron chi connectivity index (χ1n) is 6.83. The number of hydrazine groups is 1. The van der Waals surface area contributed by atoms with E-state index in [1.165, 1.54) is 11.8 Å². The molecule has 8 heteroatoms. The Labute approximate surface area is 151 Å². The number of carbonyl (C=O) groups excluding carboxylic acids is 2. The van der Waals surface area contributed by atoms with Crippen LogP contribution in [0.1, 0.15) is 17.4 Å². The highest BCUT2D eigenvalue weighted by Gasteiger charge is 2.13. The van der Waals surface area contributed by atoms with Gasteiger partial charge in [0.2, 0.25) is 5.91 Å². The minimum Gasteiger partial charge on any atom is -0.343 e. The summed E-state index contributed by atoms with van der Waals surface area (Å²) in [5.74, 6) is -0.449. The molecular formula is C15H15BrClN3O2S. The van der Waals surface area contributed by atoms with Gasteiger partial charge in [0.05, 0.1) is 5.75 Å². The molecule has 23 heavy (non-hydrogen) atoms. The third kappa shape index (κ3) is 5.30. The van der Waals surface area contributed by atoms with E-state index in [1.807, 2.05) is 25.3 Å². The first-order valence-corrected chi connectivity index (χ1v) is 8.98. The van der Waals surface area contributed by atoms with Crippen molar-refractivity contribution in [3.63, 3.8) is 0 Å². The summed E-state index contributed by atoms with van der Waals surface area (Å²) in [6.45, 7) is 2.60. The normalized spacial score (nSPS) is 10.4. The van der Waals surface area contributed by atoms with E-state index in [-0.39, 0.29) is 17.6 Å². The average Bonchev–Trinajstić information content (AvgIpc) is 2.93. The van der Waals surface area contributed by atoms with E-state index in [2.05, 4.69) is 26.8 Å². The molecule has 122 valence electrons. The molecule has 0 unspecified atom stereocenters. The molecule has 0 aliphatic heterocycles. The highest BCUT2D eigenvalue weighted by atomic mass is 79.9. The van der Waals surface area contributed by atoms with Crippen molar-refractivity contribution in [3.05, 3.63) is 51.7 Å². The van der Waals surface area contributed by atoms with Crippen LogP contribution in [-0.4, -0.2) is 22.1 Å². The summed E-state index contributed by atoms with van der Waals surface area (Å²) >= 11 is 10.5. The number of thioether (sulfide) groups is 1. The molecule has 0 atom stereocenters. The summed E-state index contributed by atoms with van der Waals surface area (Å²) in [6, 6.07) is 8.91. The number of nitrogens with zero attached hydrogens (tertiary/aromatic N) is 1. The fourth-order valence-corrected chi connectivity index (χ4v) is 3.12. The van der Waals surface area contributed by atoms with Gasteiger partial charge in [0.1, 0.15) is 5.69 Å². The van der Waals surface area contributed by atoms with E-state index in [0.29, 0.717) is 17.3 Å². The number of amides is 2. The second kappa shape index (κ2) is 8.42. The molecule has 0 fully saturated rings. The number of aromatic nitrogens is 1. The molecule has 5 nitrogen and oxygen atoms in total. The number of rotatable bonds is 5. The quantitative estimate of drug-likeness (QED) is 0.579. The lowest BCUT2D eigenvalue weighted by atomic mass is 10.4. The predicted octanol–water partition coefficient (Wildman–Crippen LogP) is 3.48. The van der Waals surface area contributed by atoms with E-state index in [4.69, 9.17) is 11.6 Å². The van der Waals surface area contributed by atoms with Crippen LogP contribution in [0.2, 0.25) is 5.02 Å². The van der Waals surface area contributed by atoms with Gasteiger partial charge in [0, 0.05) is 27.1 Å². The second-order valence-corrected chi connectivity index (χ2v) is 6.98. The zero-order valence-electron chi connectivity index (χ0n) is 12.3. The van der Waals surface area contributed by atoms with Gasteiger partial charge in [-0.1, -0.05) is 11.6 Å². The molecule has 0 aliphatic rings. The maximum Gasteiger partial charge on any atom is 0.286 e. The third-order valence-corrected chi connectivity index (χ3v) is 4.63. The smallest absolute Gasteiger partial charge is 0.286 e. The van der Waals surface area contributed by atoms with Crippen molar-refractivity contribution in [2.75, 3.05) is 5.75 Å². The highest BCUT2D eigenvalue weighted by molar-refractivity contribution is 9.10. The second-order valence-electron chi connectivity index (χ2n) is 4.57. The van der Waals surface area contributed by atoms with Crippen LogP contribution in [0.3, 0.4) is 0 Å². The van der Waals surface area contributed by atoms with Crippen molar-refractivity contribution in [1.82, 2.24) is 15.4 Å². The number of hydrogen-bond donors (Lipinski definition) is 2. The number of carbonyl (C=O) groups is 2. The van der Waals surface area contributed by atoms with Gasteiger partial charge in [-0.3, -0.25) is 20.4 Å². The Hall–Kier alpha value is -1.44. The Kier molecular flexibility index (Phi) is 6.56. The molecule has 2 amide bonds. The third-order valence-electron chi connectivity index (χ3n) is 2.94. The molecular weight excluding hydrogens is 402 g/mol. The van der Waals surface area contributed by atoms with Crippen LogP contribution >= 0.6 is 39.3 Å². The maximum absolute atomic E-state index is 12.1. The molecule has 0 bridgehead atoms. The fourth-order valence-electron chi connectivity index (χ4n) is 1.83.